The summed E-state index contributed by atoms with van der Waals surface area (Å²) in [5.41, 5.74) is 7.82. The molecule has 0 radical (unpaired) electrons. The fourth-order valence-corrected chi connectivity index (χ4v) is 3.80. The van der Waals surface area contributed by atoms with E-state index < -0.39 is 11.7 Å². The molecule has 1 aromatic carbocycles. The van der Waals surface area contributed by atoms with Crippen LogP contribution in [0, 0.1) is 5.41 Å². The van der Waals surface area contributed by atoms with E-state index in [1.807, 2.05) is 18.2 Å². The number of nitrogens with two attached hydrogens (primary N) is 1. The Morgan fingerprint density at radius 2 is 2.11 bits per heavy atom. The number of amides is 1. The molecule has 0 aliphatic rings. The number of hydrogen-bond acceptors (Lipinski definition) is 5. The molecule has 0 fully saturated rings. The highest BCUT2D eigenvalue weighted by Crippen LogP contribution is 2.26. The normalized spacial score (nSPS) is 12.9. The summed E-state index contributed by atoms with van der Waals surface area (Å²) in [6.07, 6.45) is 4.36. The largest absolute Gasteiger partial charge is 0.503 e. The number of hydrogen-bond donors (Lipinski definition) is 2. The topological polar surface area (TPSA) is 84.4 Å². The maximum atomic E-state index is 11.1. The van der Waals surface area contributed by atoms with Crippen LogP contribution in [-0.2, 0) is 17.8 Å². The SMILES string of the molecule is CSCCc1nc2cc(C=C(O)C(N)=O)ccc2n1CC(C)(C)CN(C)C. The molecular weight excluding hydrogens is 360 g/mol. The Balaban J connectivity index is 2.46. The molecule has 2 rings (SSSR count). The van der Waals surface area contributed by atoms with E-state index in [9.17, 15) is 9.90 Å². The molecule has 0 spiro atoms. The second-order valence-electron chi connectivity index (χ2n) is 7.90. The first-order valence-electron chi connectivity index (χ1n) is 8.96. The summed E-state index contributed by atoms with van der Waals surface area (Å²) in [7, 11) is 4.18. The maximum absolute atomic E-state index is 11.1. The number of aryl methyl sites for hydroxylation is 1. The van der Waals surface area contributed by atoms with Crippen molar-refractivity contribution in [2.75, 3.05) is 32.6 Å². The Morgan fingerprint density at radius 3 is 2.70 bits per heavy atom. The standard InChI is InChI=1S/C20H30N4O2S/c1-20(2,12-23(3)4)13-24-16-7-6-14(11-17(25)19(21)26)10-15(16)22-18(24)8-9-27-5/h6-7,10-11,25H,8-9,12-13H2,1-5H3,(H2,21,26). The van der Waals surface area contributed by atoms with Crippen molar-refractivity contribution in [1.82, 2.24) is 14.5 Å². The van der Waals surface area contributed by atoms with Crippen LogP contribution in [0.5, 0.6) is 0 Å². The molecule has 2 aromatic rings. The highest BCUT2D eigenvalue weighted by atomic mass is 32.2. The van der Waals surface area contributed by atoms with E-state index in [-0.39, 0.29) is 5.41 Å². The summed E-state index contributed by atoms with van der Waals surface area (Å²) in [5.74, 6) is 0.772. The van der Waals surface area contributed by atoms with Crippen molar-refractivity contribution >= 4 is 34.8 Å². The van der Waals surface area contributed by atoms with Crippen LogP contribution in [0.15, 0.2) is 24.0 Å². The van der Waals surface area contributed by atoms with Crippen molar-refractivity contribution in [1.29, 1.82) is 0 Å². The Bertz CT molecular complexity index is 840. The van der Waals surface area contributed by atoms with Crippen LogP contribution in [0.4, 0.5) is 0 Å². The van der Waals surface area contributed by atoms with E-state index in [1.165, 1.54) is 6.08 Å². The zero-order chi connectivity index (χ0) is 20.2. The van der Waals surface area contributed by atoms with Gasteiger partial charge < -0.3 is 20.3 Å². The molecule has 0 saturated heterocycles. The molecule has 7 heteroatoms. The van der Waals surface area contributed by atoms with Gasteiger partial charge in [0.2, 0.25) is 0 Å². The minimum absolute atomic E-state index is 0.0913. The first-order valence-corrected chi connectivity index (χ1v) is 10.4. The number of rotatable bonds is 9. The number of fused-ring (bicyclic) bond motifs is 1. The smallest absolute Gasteiger partial charge is 0.283 e. The number of thioether (sulfide) groups is 1. The van der Waals surface area contributed by atoms with Crippen LogP contribution in [0.25, 0.3) is 17.1 Å². The number of nitrogens with zero attached hydrogens (tertiary/aromatic N) is 3. The Hall–Kier alpha value is -1.99. The van der Waals surface area contributed by atoms with Crippen LogP contribution in [0.1, 0.15) is 25.2 Å². The van der Waals surface area contributed by atoms with Gasteiger partial charge in [0.15, 0.2) is 5.76 Å². The second-order valence-corrected chi connectivity index (χ2v) is 8.89. The van der Waals surface area contributed by atoms with Gasteiger partial charge >= 0.3 is 0 Å². The van der Waals surface area contributed by atoms with Crippen LogP contribution < -0.4 is 5.73 Å². The average molecular weight is 391 g/mol. The highest BCUT2D eigenvalue weighted by Gasteiger charge is 2.23. The van der Waals surface area contributed by atoms with Gasteiger partial charge in [0.25, 0.3) is 5.91 Å². The third-order valence-electron chi connectivity index (χ3n) is 4.27. The number of aliphatic hydroxyl groups excluding tert-OH is 1. The van der Waals surface area contributed by atoms with Crippen molar-refractivity contribution in [3.8, 4) is 0 Å². The fourth-order valence-electron chi connectivity index (χ4n) is 3.41. The highest BCUT2D eigenvalue weighted by molar-refractivity contribution is 7.98. The van der Waals surface area contributed by atoms with Gasteiger partial charge in [-0.3, -0.25) is 4.79 Å². The third-order valence-corrected chi connectivity index (χ3v) is 4.88. The number of imidazole rings is 1. The van der Waals surface area contributed by atoms with Crippen molar-refractivity contribution in [2.45, 2.75) is 26.8 Å². The lowest BCUT2D eigenvalue weighted by Crippen LogP contribution is -2.32. The molecule has 3 N–H and O–H groups in total. The minimum atomic E-state index is -0.841. The summed E-state index contributed by atoms with van der Waals surface area (Å²) in [5, 5.41) is 9.62. The summed E-state index contributed by atoms with van der Waals surface area (Å²) in [4.78, 5) is 18.1. The van der Waals surface area contributed by atoms with E-state index >= 15 is 0 Å². The lowest BCUT2D eigenvalue weighted by atomic mass is 9.92. The molecule has 0 unspecified atom stereocenters. The molecule has 6 nitrogen and oxygen atoms in total. The number of aliphatic hydroxyl groups is 1. The quantitative estimate of drug-likeness (QED) is 0.508. The molecule has 0 aliphatic carbocycles. The van der Waals surface area contributed by atoms with E-state index in [4.69, 9.17) is 10.7 Å². The summed E-state index contributed by atoms with van der Waals surface area (Å²) in [6.45, 7) is 6.37. The number of carbonyl (C=O) groups is 1. The van der Waals surface area contributed by atoms with Crippen LogP contribution in [0.3, 0.4) is 0 Å². The Labute approximate surface area is 165 Å². The molecule has 1 amide bonds. The van der Waals surface area contributed by atoms with E-state index in [2.05, 4.69) is 43.7 Å². The number of carbonyl (C=O) groups excluding carboxylic acids is 1. The predicted molar refractivity (Wildman–Crippen MR) is 114 cm³/mol. The number of aromatic nitrogens is 2. The molecule has 0 aliphatic heterocycles. The van der Waals surface area contributed by atoms with Crippen LogP contribution in [0.2, 0.25) is 0 Å². The fraction of sp³-hybridized carbons (Fsp3) is 0.500. The van der Waals surface area contributed by atoms with Gasteiger partial charge in [-0.15, -0.1) is 0 Å². The van der Waals surface area contributed by atoms with Crippen molar-refractivity contribution in [3.05, 3.63) is 35.3 Å². The maximum Gasteiger partial charge on any atom is 0.283 e. The molecular formula is C20H30N4O2S. The molecule has 0 atom stereocenters. The van der Waals surface area contributed by atoms with Gasteiger partial charge in [-0.05, 0) is 49.5 Å². The number of benzene rings is 1. The molecule has 1 heterocycles. The molecule has 1 aromatic heterocycles. The molecule has 27 heavy (non-hydrogen) atoms. The van der Waals surface area contributed by atoms with Crippen LogP contribution >= 0.6 is 11.8 Å². The van der Waals surface area contributed by atoms with Gasteiger partial charge in [0, 0.05) is 25.3 Å². The van der Waals surface area contributed by atoms with Gasteiger partial charge in [0.1, 0.15) is 5.82 Å². The van der Waals surface area contributed by atoms with Gasteiger partial charge in [-0.25, -0.2) is 4.98 Å². The molecule has 0 saturated carbocycles. The minimum Gasteiger partial charge on any atom is -0.503 e. The monoisotopic (exact) mass is 390 g/mol. The Morgan fingerprint density at radius 1 is 1.41 bits per heavy atom. The lowest BCUT2D eigenvalue weighted by Gasteiger charge is -2.29. The summed E-state index contributed by atoms with van der Waals surface area (Å²) < 4.78 is 2.30. The zero-order valence-electron chi connectivity index (χ0n) is 16.8. The van der Waals surface area contributed by atoms with E-state index in [0.717, 1.165) is 42.1 Å². The Kier molecular flexibility index (Phi) is 6.95. The average Bonchev–Trinajstić information content (AvgIpc) is 2.87. The van der Waals surface area contributed by atoms with Gasteiger partial charge in [-0.2, -0.15) is 11.8 Å². The first kappa shape index (κ1) is 21.3. The first-order chi connectivity index (χ1) is 12.6. The van der Waals surface area contributed by atoms with E-state index in [0.29, 0.717) is 5.56 Å². The van der Waals surface area contributed by atoms with Crippen molar-refractivity contribution in [3.63, 3.8) is 0 Å². The van der Waals surface area contributed by atoms with Crippen LogP contribution in [-0.4, -0.2) is 58.1 Å². The van der Waals surface area contributed by atoms with Gasteiger partial charge in [-0.1, -0.05) is 19.9 Å². The number of primary amides is 1. The summed E-state index contributed by atoms with van der Waals surface area (Å²) in [6, 6.07) is 5.75. The lowest BCUT2D eigenvalue weighted by molar-refractivity contribution is -0.116. The van der Waals surface area contributed by atoms with E-state index in [1.54, 1.807) is 11.8 Å². The zero-order valence-corrected chi connectivity index (χ0v) is 17.6. The summed E-state index contributed by atoms with van der Waals surface area (Å²) >= 11 is 1.80. The molecule has 148 valence electrons. The second kappa shape index (κ2) is 8.80. The van der Waals surface area contributed by atoms with Crippen molar-refractivity contribution < 1.29 is 9.90 Å². The third kappa shape index (κ3) is 5.74. The predicted octanol–water partition coefficient (Wildman–Crippen LogP) is 2.91. The molecule has 0 bridgehead atoms. The van der Waals surface area contributed by atoms with Gasteiger partial charge in [0.05, 0.1) is 11.0 Å². The van der Waals surface area contributed by atoms with Crippen molar-refractivity contribution in [2.24, 2.45) is 11.1 Å².